The van der Waals surface area contributed by atoms with E-state index in [1.807, 2.05) is 5.32 Å². The quantitative estimate of drug-likeness (QED) is 0.286. The molecule has 0 fully saturated rings. The number of urea groups is 1. The molecule has 0 aliphatic rings. The van der Waals surface area contributed by atoms with Crippen molar-refractivity contribution in [3.63, 3.8) is 0 Å². The summed E-state index contributed by atoms with van der Waals surface area (Å²) < 4.78 is 32.7. The first-order valence-corrected chi connectivity index (χ1v) is 11.5. The Balaban J connectivity index is 2.06. The van der Waals surface area contributed by atoms with Gasteiger partial charge in [-0.1, -0.05) is 6.07 Å². The van der Waals surface area contributed by atoms with Crippen molar-refractivity contribution in [2.45, 2.75) is 44.7 Å². The molecule has 0 spiro atoms. The van der Waals surface area contributed by atoms with E-state index < -0.39 is 39.0 Å². The third kappa shape index (κ3) is 7.00. The summed E-state index contributed by atoms with van der Waals surface area (Å²) in [7, 11) is -4.15. The first-order valence-electron chi connectivity index (χ1n) is 10.0. The van der Waals surface area contributed by atoms with Crippen LogP contribution >= 0.6 is 0 Å². The van der Waals surface area contributed by atoms with E-state index in [1.165, 1.54) is 50.2 Å². The Morgan fingerprint density at radius 2 is 1.65 bits per heavy atom. The lowest BCUT2D eigenvalue weighted by Gasteiger charge is -2.14. The number of carbonyl (C=O) groups excluding carboxylic acids is 3. The van der Waals surface area contributed by atoms with E-state index in [0.29, 0.717) is 5.56 Å². The van der Waals surface area contributed by atoms with E-state index in [4.69, 9.17) is 4.74 Å². The standard InChI is InChI=1S/C21H24N4O8S/c1-12(2)22-21(28)23-19(26)14(4)33-20(27)15-6-8-16(9-7-15)24-34(31,32)18-11-17(25(29)30)10-5-13(18)3/h5-12,14,24H,1-4H3,(H2,22,23,26,28). The zero-order valence-corrected chi connectivity index (χ0v) is 19.6. The number of imide groups is 1. The number of nitro groups is 1. The second kappa shape index (κ2) is 10.7. The third-order valence-corrected chi connectivity index (χ3v) is 5.88. The van der Waals surface area contributed by atoms with E-state index >= 15 is 0 Å². The molecule has 34 heavy (non-hydrogen) atoms. The molecule has 0 bridgehead atoms. The fourth-order valence-electron chi connectivity index (χ4n) is 2.67. The largest absolute Gasteiger partial charge is 0.449 e. The number of aryl methyl sites for hydroxylation is 1. The van der Waals surface area contributed by atoms with Crippen LogP contribution in [0.25, 0.3) is 0 Å². The average Bonchev–Trinajstić information content (AvgIpc) is 2.73. The van der Waals surface area contributed by atoms with Crippen molar-refractivity contribution in [1.82, 2.24) is 10.6 Å². The zero-order valence-electron chi connectivity index (χ0n) is 18.8. The minimum Gasteiger partial charge on any atom is -0.449 e. The van der Waals surface area contributed by atoms with Crippen molar-refractivity contribution in [2.75, 3.05) is 4.72 Å². The number of non-ortho nitro benzene ring substituents is 1. The summed E-state index contributed by atoms with van der Waals surface area (Å²) in [6, 6.07) is 7.71. The van der Waals surface area contributed by atoms with Crippen molar-refractivity contribution < 1.29 is 32.5 Å². The zero-order chi connectivity index (χ0) is 25.6. The van der Waals surface area contributed by atoms with Gasteiger partial charge in [-0.15, -0.1) is 0 Å². The Morgan fingerprint density at radius 3 is 2.21 bits per heavy atom. The highest BCUT2D eigenvalue weighted by Crippen LogP contribution is 2.24. The summed E-state index contributed by atoms with van der Waals surface area (Å²) >= 11 is 0. The summed E-state index contributed by atoms with van der Waals surface area (Å²) in [6.45, 7) is 6.21. The van der Waals surface area contributed by atoms with Crippen LogP contribution in [0.5, 0.6) is 0 Å². The van der Waals surface area contributed by atoms with Gasteiger partial charge < -0.3 is 10.1 Å². The van der Waals surface area contributed by atoms with E-state index in [-0.39, 0.29) is 27.9 Å². The molecular weight excluding hydrogens is 468 g/mol. The lowest BCUT2D eigenvalue weighted by atomic mass is 10.2. The predicted molar refractivity (Wildman–Crippen MR) is 122 cm³/mol. The number of ether oxygens (including phenoxy) is 1. The van der Waals surface area contributed by atoms with Crippen LogP contribution in [0.1, 0.15) is 36.7 Å². The average molecular weight is 493 g/mol. The highest BCUT2D eigenvalue weighted by molar-refractivity contribution is 7.92. The first kappa shape index (κ1) is 26.3. The first-order chi connectivity index (χ1) is 15.8. The third-order valence-electron chi connectivity index (χ3n) is 4.35. The Bertz CT molecular complexity index is 1210. The molecule has 182 valence electrons. The van der Waals surface area contributed by atoms with Gasteiger partial charge in [0.15, 0.2) is 6.10 Å². The van der Waals surface area contributed by atoms with Crippen LogP contribution in [0, 0.1) is 17.0 Å². The molecule has 0 aromatic heterocycles. The maximum Gasteiger partial charge on any atom is 0.338 e. The van der Waals surface area contributed by atoms with Gasteiger partial charge in [0.25, 0.3) is 21.6 Å². The fourth-order valence-corrected chi connectivity index (χ4v) is 3.99. The Morgan fingerprint density at radius 1 is 1.03 bits per heavy atom. The lowest BCUT2D eigenvalue weighted by Crippen LogP contribution is -2.46. The number of amides is 3. The number of hydrogen-bond acceptors (Lipinski definition) is 8. The highest BCUT2D eigenvalue weighted by atomic mass is 32.2. The summed E-state index contributed by atoms with van der Waals surface area (Å²) in [5, 5.41) is 15.5. The second-order valence-electron chi connectivity index (χ2n) is 7.55. The van der Waals surface area contributed by atoms with Crippen LogP contribution in [-0.2, 0) is 19.6 Å². The van der Waals surface area contributed by atoms with Crippen LogP contribution in [0.2, 0.25) is 0 Å². The second-order valence-corrected chi connectivity index (χ2v) is 9.21. The van der Waals surface area contributed by atoms with Gasteiger partial charge in [-0.05, 0) is 57.5 Å². The molecule has 2 aromatic rings. The fraction of sp³-hybridized carbons (Fsp3) is 0.286. The molecule has 2 aromatic carbocycles. The van der Waals surface area contributed by atoms with Gasteiger partial charge in [-0.25, -0.2) is 18.0 Å². The smallest absolute Gasteiger partial charge is 0.338 e. The molecule has 0 heterocycles. The lowest BCUT2D eigenvalue weighted by molar-refractivity contribution is -0.385. The van der Waals surface area contributed by atoms with Crippen molar-refractivity contribution in [1.29, 1.82) is 0 Å². The van der Waals surface area contributed by atoms with Crippen LogP contribution in [0.15, 0.2) is 47.4 Å². The molecular formula is C21H24N4O8S. The molecule has 0 aliphatic heterocycles. The number of rotatable bonds is 8. The van der Waals surface area contributed by atoms with Crippen LogP contribution < -0.4 is 15.4 Å². The molecule has 0 saturated heterocycles. The Kier molecular flexibility index (Phi) is 8.30. The van der Waals surface area contributed by atoms with Gasteiger partial charge in [-0.2, -0.15) is 0 Å². The number of nitro benzene ring substituents is 1. The maximum atomic E-state index is 12.7. The topological polar surface area (TPSA) is 174 Å². The summed E-state index contributed by atoms with van der Waals surface area (Å²) in [5.74, 6) is -1.68. The van der Waals surface area contributed by atoms with Crippen molar-refractivity contribution in [3.05, 3.63) is 63.7 Å². The van der Waals surface area contributed by atoms with Gasteiger partial charge in [-0.3, -0.25) is 24.9 Å². The van der Waals surface area contributed by atoms with E-state index in [9.17, 15) is 32.9 Å². The Labute approximate surface area is 195 Å². The highest BCUT2D eigenvalue weighted by Gasteiger charge is 2.23. The monoisotopic (exact) mass is 492 g/mol. The predicted octanol–water partition coefficient (Wildman–Crippen LogP) is 2.48. The van der Waals surface area contributed by atoms with Crippen molar-refractivity contribution in [2.24, 2.45) is 0 Å². The summed E-state index contributed by atoms with van der Waals surface area (Å²) in [4.78, 5) is 45.8. The van der Waals surface area contributed by atoms with E-state index in [2.05, 4.69) is 10.0 Å². The van der Waals surface area contributed by atoms with E-state index in [0.717, 1.165) is 6.07 Å². The van der Waals surface area contributed by atoms with Gasteiger partial charge in [0.1, 0.15) is 0 Å². The minimum atomic E-state index is -4.15. The molecule has 3 N–H and O–H groups in total. The normalized spacial score (nSPS) is 11.9. The number of nitrogens with one attached hydrogen (secondary N) is 3. The van der Waals surface area contributed by atoms with Gasteiger partial charge >= 0.3 is 12.0 Å². The number of anilines is 1. The minimum absolute atomic E-state index is 0.0285. The van der Waals surface area contributed by atoms with Crippen molar-refractivity contribution in [3.8, 4) is 0 Å². The number of benzene rings is 2. The van der Waals surface area contributed by atoms with Crippen molar-refractivity contribution >= 4 is 39.3 Å². The van der Waals surface area contributed by atoms with Gasteiger partial charge in [0.05, 0.1) is 15.4 Å². The summed E-state index contributed by atoms with van der Waals surface area (Å²) in [6.07, 6.45) is -1.26. The SMILES string of the molecule is Cc1ccc([N+](=O)[O-])cc1S(=O)(=O)Nc1ccc(C(=O)OC(C)C(=O)NC(=O)NC(C)C)cc1. The molecule has 0 aliphatic carbocycles. The van der Waals surface area contributed by atoms with Gasteiger partial charge in [0, 0.05) is 23.9 Å². The number of carbonyl (C=O) groups is 3. The molecule has 3 amide bonds. The molecule has 0 saturated carbocycles. The van der Waals surface area contributed by atoms with E-state index in [1.54, 1.807) is 13.8 Å². The van der Waals surface area contributed by atoms with Gasteiger partial charge in [0.2, 0.25) is 0 Å². The Hall–Kier alpha value is -4.00. The molecule has 1 atom stereocenters. The molecule has 0 radical (unpaired) electrons. The molecule has 12 nitrogen and oxygen atoms in total. The maximum absolute atomic E-state index is 12.7. The van der Waals surface area contributed by atoms with Crippen LogP contribution in [0.3, 0.4) is 0 Å². The van der Waals surface area contributed by atoms with Crippen LogP contribution in [-0.4, -0.2) is 43.4 Å². The number of esters is 1. The summed E-state index contributed by atoms with van der Waals surface area (Å²) in [5.41, 5.74) is 0.0657. The number of sulfonamides is 1. The molecule has 1 unspecified atom stereocenters. The number of nitrogens with zero attached hydrogens (tertiary/aromatic N) is 1. The number of hydrogen-bond donors (Lipinski definition) is 3. The molecule has 2 rings (SSSR count). The molecule has 13 heteroatoms. The van der Waals surface area contributed by atoms with Crippen LogP contribution in [0.4, 0.5) is 16.2 Å².